The van der Waals surface area contributed by atoms with Crippen molar-refractivity contribution in [3.05, 3.63) is 23.8 Å². The molecule has 1 aromatic rings. The number of anilines is 1. The zero-order valence-corrected chi connectivity index (χ0v) is 13.2. The van der Waals surface area contributed by atoms with Crippen molar-refractivity contribution >= 4 is 21.7 Å². The Bertz CT molecular complexity index is 706. The number of carboxylic acid groups (broad SMARTS) is 1. The number of rotatable bonds is 7. The van der Waals surface area contributed by atoms with Crippen molar-refractivity contribution in [3.63, 3.8) is 0 Å². The molecule has 0 radical (unpaired) electrons. The molecule has 7 heteroatoms. The van der Waals surface area contributed by atoms with Crippen LogP contribution in [0.25, 0.3) is 0 Å². The van der Waals surface area contributed by atoms with Gasteiger partial charge in [0.2, 0.25) is 10.0 Å². The highest BCUT2D eigenvalue weighted by atomic mass is 32.2. The molecule has 2 fully saturated rings. The minimum absolute atomic E-state index is 0.00463. The number of carbonyl (C=O) groups is 1. The highest BCUT2D eigenvalue weighted by molar-refractivity contribution is 7.89. The fourth-order valence-corrected chi connectivity index (χ4v) is 3.76. The number of hydrogen-bond donors (Lipinski definition) is 3. The third-order valence-corrected chi connectivity index (χ3v) is 5.83. The largest absolute Gasteiger partial charge is 0.478 e. The van der Waals surface area contributed by atoms with Crippen LogP contribution < -0.4 is 10.0 Å². The fourth-order valence-electron chi connectivity index (χ4n) is 2.27. The second-order valence-corrected chi connectivity index (χ2v) is 8.19. The monoisotopic (exact) mass is 324 g/mol. The zero-order chi connectivity index (χ0) is 16.0. The number of hydrogen-bond acceptors (Lipinski definition) is 4. The molecule has 0 spiro atoms. The molecule has 1 aromatic carbocycles. The Morgan fingerprint density at radius 3 is 2.59 bits per heavy atom. The average Bonchev–Trinajstić information content (AvgIpc) is 3.34. The molecule has 3 N–H and O–H groups in total. The molecule has 0 aromatic heterocycles. The predicted octanol–water partition coefficient (Wildman–Crippen LogP) is 2.04. The lowest BCUT2D eigenvalue weighted by Gasteiger charge is -2.14. The van der Waals surface area contributed by atoms with Crippen LogP contribution in [-0.2, 0) is 10.0 Å². The first kappa shape index (κ1) is 15.3. The van der Waals surface area contributed by atoms with Gasteiger partial charge in [-0.25, -0.2) is 17.9 Å². The Labute approximate surface area is 130 Å². The number of benzene rings is 1. The van der Waals surface area contributed by atoms with Crippen LogP contribution in [0.15, 0.2) is 23.1 Å². The van der Waals surface area contributed by atoms with Gasteiger partial charge in [-0.3, -0.25) is 0 Å². The number of nitrogens with one attached hydrogen (secondary N) is 2. The van der Waals surface area contributed by atoms with Crippen molar-refractivity contribution in [2.45, 2.75) is 43.0 Å². The van der Waals surface area contributed by atoms with Crippen LogP contribution in [0.1, 0.15) is 43.0 Å². The molecule has 2 aliphatic rings. The maximum Gasteiger partial charge on any atom is 0.337 e. The highest BCUT2D eigenvalue weighted by Gasteiger charge is 2.41. The van der Waals surface area contributed by atoms with Gasteiger partial charge in [-0.15, -0.1) is 0 Å². The van der Waals surface area contributed by atoms with Crippen molar-refractivity contribution in [1.29, 1.82) is 0 Å². The van der Waals surface area contributed by atoms with E-state index in [4.69, 9.17) is 0 Å². The van der Waals surface area contributed by atoms with E-state index < -0.39 is 16.0 Å². The van der Waals surface area contributed by atoms with Crippen molar-refractivity contribution < 1.29 is 18.3 Å². The summed E-state index contributed by atoms with van der Waals surface area (Å²) >= 11 is 0. The maximum atomic E-state index is 12.3. The van der Waals surface area contributed by atoms with Crippen LogP contribution in [-0.4, -0.2) is 31.6 Å². The van der Waals surface area contributed by atoms with Gasteiger partial charge in [0.1, 0.15) is 0 Å². The normalized spacial score (nSPS) is 19.7. The molecule has 120 valence electrons. The molecule has 2 saturated carbocycles. The van der Waals surface area contributed by atoms with Gasteiger partial charge in [0.25, 0.3) is 0 Å². The molecule has 0 bridgehead atoms. The van der Waals surface area contributed by atoms with E-state index in [-0.39, 0.29) is 16.0 Å². The van der Waals surface area contributed by atoms with E-state index in [1.807, 2.05) is 6.92 Å². The van der Waals surface area contributed by atoms with E-state index in [1.165, 1.54) is 18.2 Å². The van der Waals surface area contributed by atoms with Gasteiger partial charge in [0, 0.05) is 17.8 Å². The average molecular weight is 324 g/mol. The van der Waals surface area contributed by atoms with E-state index in [0.717, 1.165) is 32.2 Å². The standard InChI is InChI=1S/C15H20N2O4S/c1-15(6-7-15)17-22(20,21)11-4-5-13(12(8-11)14(18)19)16-9-10-2-3-10/h4-5,8,10,16-17H,2-3,6-7,9H2,1H3,(H,18,19). The molecular weight excluding hydrogens is 304 g/mol. The minimum Gasteiger partial charge on any atom is -0.478 e. The second-order valence-electron chi connectivity index (χ2n) is 6.50. The summed E-state index contributed by atoms with van der Waals surface area (Å²) in [7, 11) is -3.69. The summed E-state index contributed by atoms with van der Waals surface area (Å²) in [5, 5.41) is 12.4. The van der Waals surface area contributed by atoms with Gasteiger partial charge in [0.15, 0.2) is 0 Å². The molecular formula is C15H20N2O4S. The molecule has 0 unspecified atom stereocenters. The summed E-state index contributed by atoms with van der Waals surface area (Å²) in [5.74, 6) is -0.533. The summed E-state index contributed by atoms with van der Waals surface area (Å²) in [6.07, 6.45) is 3.92. The quantitative estimate of drug-likeness (QED) is 0.713. The van der Waals surface area contributed by atoms with Crippen LogP contribution in [0.4, 0.5) is 5.69 Å². The molecule has 0 heterocycles. The molecule has 0 saturated heterocycles. The lowest BCUT2D eigenvalue weighted by molar-refractivity contribution is 0.0697. The molecule has 6 nitrogen and oxygen atoms in total. The van der Waals surface area contributed by atoms with E-state index in [1.54, 1.807) is 0 Å². The van der Waals surface area contributed by atoms with Gasteiger partial charge in [0.05, 0.1) is 10.5 Å². The molecule has 2 aliphatic carbocycles. The Hall–Kier alpha value is -1.60. The summed E-state index contributed by atoms with van der Waals surface area (Å²) in [6, 6.07) is 4.22. The SMILES string of the molecule is CC1(NS(=O)(=O)c2ccc(NCC3CC3)c(C(=O)O)c2)CC1. The van der Waals surface area contributed by atoms with E-state index in [9.17, 15) is 18.3 Å². The first-order valence-electron chi connectivity index (χ1n) is 7.44. The molecule has 0 atom stereocenters. The second kappa shape index (κ2) is 5.24. The van der Waals surface area contributed by atoms with Crippen LogP contribution >= 0.6 is 0 Å². The maximum absolute atomic E-state index is 12.3. The molecule has 0 aliphatic heterocycles. The van der Waals surface area contributed by atoms with Crippen LogP contribution in [0, 0.1) is 5.92 Å². The molecule has 0 amide bonds. The van der Waals surface area contributed by atoms with Gasteiger partial charge >= 0.3 is 5.97 Å². The zero-order valence-electron chi connectivity index (χ0n) is 12.4. The Balaban J connectivity index is 1.85. The third kappa shape index (κ3) is 3.41. The third-order valence-electron chi connectivity index (χ3n) is 4.19. The number of aromatic carboxylic acids is 1. The van der Waals surface area contributed by atoms with Crippen molar-refractivity contribution in [2.75, 3.05) is 11.9 Å². The Morgan fingerprint density at radius 2 is 2.05 bits per heavy atom. The number of carboxylic acids is 1. The van der Waals surface area contributed by atoms with E-state index >= 15 is 0 Å². The first-order chi connectivity index (χ1) is 10.3. The summed E-state index contributed by atoms with van der Waals surface area (Å²) in [5.41, 5.74) is 0.0749. The highest BCUT2D eigenvalue weighted by Crippen LogP contribution is 2.36. The predicted molar refractivity (Wildman–Crippen MR) is 82.6 cm³/mol. The van der Waals surface area contributed by atoms with E-state index in [0.29, 0.717) is 11.6 Å². The fraction of sp³-hybridized carbons (Fsp3) is 0.533. The smallest absolute Gasteiger partial charge is 0.337 e. The Morgan fingerprint density at radius 1 is 1.36 bits per heavy atom. The van der Waals surface area contributed by atoms with Crippen LogP contribution in [0.2, 0.25) is 0 Å². The van der Waals surface area contributed by atoms with Gasteiger partial charge in [-0.1, -0.05) is 0 Å². The van der Waals surface area contributed by atoms with E-state index in [2.05, 4.69) is 10.0 Å². The van der Waals surface area contributed by atoms with Crippen LogP contribution in [0.3, 0.4) is 0 Å². The molecule has 22 heavy (non-hydrogen) atoms. The van der Waals surface area contributed by atoms with Crippen LogP contribution in [0.5, 0.6) is 0 Å². The lowest BCUT2D eigenvalue weighted by Crippen LogP contribution is -2.34. The lowest BCUT2D eigenvalue weighted by atomic mass is 10.1. The van der Waals surface area contributed by atoms with Crippen molar-refractivity contribution in [2.24, 2.45) is 5.92 Å². The minimum atomic E-state index is -3.69. The van der Waals surface area contributed by atoms with Gasteiger partial charge in [-0.05, 0) is 56.7 Å². The molecule has 3 rings (SSSR count). The first-order valence-corrected chi connectivity index (χ1v) is 8.93. The van der Waals surface area contributed by atoms with Gasteiger partial charge in [-0.2, -0.15) is 0 Å². The summed E-state index contributed by atoms with van der Waals surface area (Å²) in [6.45, 7) is 2.57. The van der Waals surface area contributed by atoms with Gasteiger partial charge < -0.3 is 10.4 Å². The number of sulfonamides is 1. The summed E-state index contributed by atoms with van der Waals surface area (Å²) in [4.78, 5) is 11.4. The topological polar surface area (TPSA) is 95.5 Å². The Kier molecular flexibility index (Phi) is 3.65. The van der Waals surface area contributed by atoms with Crippen molar-refractivity contribution in [1.82, 2.24) is 4.72 Å². The summed E-state index contributed by atoms with van der Waals surface area (Å²) < 4.78 is 27.3. The van der Waals surface area contributed by atoms with Crippen molar-refractivity contribution in [3.8, 4) is 0 Å².